The van der Waals surface area contributed by atoms with Crippen LogP contribution in [0.2, 0.25) is 0 Å². The van der Waals surface area contributed by atoms with E-state index in [4.69, 9.17) is 0 Å². The van der Waals surface area contributed by atoms with Crippen molar-refractivity contribution in [3.63, 3.8) is 0 Å². The molecule has 0 aliphatic heterocycles. The van der Waals surface area contributed by atoms with Gasteiger partial charge in [0.15, 0.2) is 0 Å². The maximum atomic E-state index is 4.47. The fourth-order valence-electron chi connectivity index (χ4n) is 1.56. The average molecular weight is 231 g/mol. The Labute approximate surface area is 101 Å². The van der Waals surface area contributed by atoms with Gasteiger partial charge in [-0.15, -0.1) is 0 Å². The maximum absolute atomic E-state index is 4.47. The first kappa shape index (κ1) is 11.6. The summed E-state index contributed by atoms with van der Waals surface area (Å²) in [7, 11) is 1.99. The minimum absolute atomic E-state index is 0.670. The number of aromatic nitrogens is 4. The van der Waals surface area contributed by atoms with Gasteiger partial charge in [-0.3, -0.25) is 0 Å². The zero-order valence-electron chi connectivity index (χ0n) is 10.4. The third kappa shape index (κ3) is 2.43. The van der Waals surface area contributed by atoms with E-state index in [2.05, 4.69) is 27.2 Å². The molecule has 5 heteroatoms. The molecule has 0 radical (unpaired) electrons. The van der Waals surface area contributed by atoms with Crippen molar-refractivity contribution in [1.82, 2.24) is 19.5 Å². The number of nitrogens with one attached hydrogen (secondary N) is 1. The van der Waals surface area contributed by atoms with Crippen LogP contribution in [0.4, 0.5) is 5.95 Å². The molecular weight excluding hydrogens is 214 g/mol. The lowest BCUT2D eigenvalue weighted by molar-refractivity contribution is 0.860. The fraction of sp³-hybridized carbons (Fsp3) is 0.417. The Bertz CT molecular complexity index is 503. The number of hydrogen-bond donors (Lipinski definition) is 1. The van der Waals surface area contributed by atoms with E-state index >= 15 is 0 Å². The number of imidazole rings is 1. The summed E-state index contributed by atoms with van der Waals surface area (Å²) in [5.74, 6) is 1.64. The predicted molar refractivity (Wildman–Crippen MR) is 67.8 cm³/mol. The normalized spacial score (nSPS) is 10.5. The lowest BCUT2D eigenvalue weighted by Crippen LogP contribution is -2.05. The van der Waals surface area contributed by atoms with Gasteiger partial charge in [-0.05, 0) is 19.4 Å². The second kappa shape index (κ2) is 4.95. The summed E-state index contributed by atoms with van der Waals surface area (Å²) in [6, 6.07) is 1.90. The third-order valence-corrected chi connectivity index (χ3v) is 2.67. The van der Waals surface area contributed by atoms with Crippen LogP contribution in [0.1, 0.15) is 19.2 Å². The highest BCUT2D eigenvalue weighted by molar-refractivity contribution is 5.55. The molecule has 0 saturated heterocycles. The summed E-state index contributed by atoms with van der Waals surface area (Å²) >= 11 is 0. The molecule has 2 rings (SSSR count). The predicted octanol–water partition coefficient (Wildman–Crippen LogP) is 2.01. The van der Waals surface area contributed by atoms with Crippen molar-refractivity contribution in [1.29, 1.82) is 0 Å². The van der Waals surface area contributed by atoms with Crippen LogP contribution in [0.25, 0.3) is 11.4 Å². The molecule has 0 amide bonds. The van der Waals surface area contributed by atoms with E-state index in [9.17, 15) is 0 Å². The molecule has 0 bridgehead atoms. The van der Waals surface area contributed by atoms with Crippen molar-refractivity contribution in [2.75, 3.05) is 11.9 Å². The van der Waals surface area contributed by atoms with Gasteiger partial charge in [0.2, 0.25) is 5.95 Å². The Morgan fingerprint density at radius 1 is 1.35 bits per heavy atom. The number of anilines is 1. The first-order valence-electron chi connectivity index (χ1n) is 5.78. The lowest BCUT2D eigenvalue weighted by Gasteiger charge is -2.06. The van der Waals surface area contributed by atoms with Crippen LogP contribution in [0, 0.1) is 6.92 Å². The molecule has 0 unspecified atom stereocenters. The minimum atomic E-state index is 0.670. The number of nitrogens with zero attached hydrogens (tertiary/aromatic N) is 4. The molecule has 0 saturated carbocycles. The van der Waals surface area contributed by atoms with Crippen molar-refractivity contribution in [3.05, 3.63) is 24.3 Å². The average Bonchev–Trinajstić information content (AvgIpc) is 2.68. The van der Waals surface area contributed by atoms with Gasteiger partial charge in [-0.2, -0.15) is 0 Å². The molecule has 0 aliphatic carbocycles. The van der Waals surface area contributed by atoms with Crippen molar-refractivity contribution in [2.24, 2.45) is 7.05 Å². The maximum Gasteiger partial charge on any atom is 0.223 e. The molecule has 0 aromatic carbocycles. The number of aryl methyl sites for hydroxylation is 1. The van der Waals surface area contributed by atoms with Crippen LogP contribution in [-0.4, -0.2) is 26.1 Å². The Balaban J connectivity index is 2.30. The first-order chi connectivity index (χ1) is 8.22. The fourth-order valence-corrected chi connectivity index (χ4v) is 1.56. The molecule has 90 valence electrons. The van der Waals surface area contributed by atoms with Crippen LogP contribution in [-0.2, 0) is 7.05 Å². The Kier molecular flexibility index (Phi) is 3.37. The van der Waals surface area contributed by atoms with Gasteiger partial charge in [0.1, 0.15) is 5.82 Å². The molecule has 0 aliphatic rings. The quantitative estimate of drug-likeness (QED) is 0.874. The van der Waals surface area contributed by atoms with Gasteiger partial charge in [0, 0.05) is 19.8 Å². The Hall–Kier alpha value is -1.91. The van der Waals surface area contributed by atoms with Gasteiger partial charge in [-0.1, -0.05) is 6.92 Å². The van der Waals surface area contributed by atoms with Crippen LogP contribution in [0.5, 0.6) is 0 Å². The summed E-state index contributed by atoms with van der Waals surface area (Å²) in [4.78, 5) is 12.9. The second-order valence-electron chi connectivity index (χ2n) is 3.94. The summed E-state index contributed by atoms with van der Waals surface area (Å²) in [6.07, 6.45) is 4.66. The van der Waals surface area contributed by atoms with E-state index in [0.717, 1.165) is 30.2 Å². The van der Waals surface area contributed by atoms with Gasteiger partial charge in [0.25, 0.3) is 0 Å². The summed E-state index contributed by atoms with van der Waals surface area (Å²) in [5.41, 5.74) is 1.89. The smallest absolute Gasteiger partial charge is 0.223 e. The first-order valence-corrected chi connectivity index (χ1v) is 5.78. The zero-order valence-corrected chi connectivity index (χ0v) is 10.4. The molecule has 0 atom stereocenters. The van der Waals surface area contributed by atoms with Gasteiger partial charge < -0.3 is 9.88 Å². The molecule has 17 heavy (non-hydrogen) atoms. The molecule has 0 fully saturated rings. The SMILES string of the molecule is CCCNc1nccc(-c2cnc(C)n2C)n1. The van der Waals surface area contributed by atoms with E-state index in [1.165, 1.54) is 0 Å². The molecule has 2 heterocycles. The molecule has 2 aromatic rings. The van der Waals surface area contributed by atoms with Crippen LogP contribution >= 0.6 is 0 Å². The Morgan fingerprint density at radius 3 is 2.82 bits per heavy atom. The summed E-state index contributed by atoms with van der Waals surface area (Å²) in [6.45, 7) is 4.97. The van der Waals surface area contributed by atoms with Crippen LogP contribution < -0.4 is 5.32 Å². The van der Waals surface area contributed by atoms with Gasteiger partial charge in [-0.25, -0.2) is 15.0 Å². The second-order valence-corrected chi connectivity index (χ2v) is 3.94. The standard InChI is InChI=1S/C12H17N5/c1-4-6-13-12-14-7-5-10(16-12)11-8-15-9(2)17(11)3/h5,7-8H,4,6H2,1-3H3,(H,13,14,16). The third-order valence-electron chi connectivity index (χ3n) is 2.67. The van der Waals surface area contributed by atoms with Gasteiger partial charge in [0.05, 0.1) is 17.6 Å². The van der Waals surface area contributed by atoms with Crippen molar-refractivity contribution < 1.29 is 0 Å². The topological polar surface area (TPSA) is 55.6 Å². The zero-order chi connectivity index (χ0) is 12.3. The highest BCUT2D eigenvalue weighted by Gasteiger charge is 2.07. The molecular formula is C12H17N5. The van der Waals surface area contributed by atoms with Gasteiger partial charge >= 0.3 is 0 Å². The van der Waals surface area contributed by atoms with E-state index in [1.807, 2.05) is 30.8 Å². The summed E-state index contributed by atoms with van der Waals surface area (Å²) < 4.78 is 2.02. The molecule has 1 N–H and O–H groups in total. The van der Waals surface area contributed by atoms with E-state index in [0.29, 0.717) is 5.95 Å². The highest BCUT2D eigenvalue weighted by Crippen LogP contribution is 2.17. The van der Waals surface area contributed by atoms with Crippen LogP contribution in [0.15, 0.2) is 18.5 Å². The summed E-state index contributed by atoms with van der Waals surface area (Å²) in [5, 5.41) is 3.18. The van der Waals surface area contributed by atoms with Crippen LogP contribution in [0.3, 0.4) is 0 Å². The molecule has 0 spiro atoms. The largest absolute Gasteiger partial charge is 0.354 e. The van der Waals surface area contributed by atoms with Crippen molar-refractivity contribution >= 4 is 5.95 Å². The number of rotatable bonds is 4. The van der Waals surface area contributed by atoms with E-state index < -0.39 is 0 Å². The molecule has 5 nitrogen and oxygen atoms in total. The van der Waals surface area contributed by atoms with E-state index in [1.54, 1.807) is 6.20 Å². The van der Waals surface area contributed by atoms with Crippen molar-refractivity contribution in [3.8, 4) is 11.4 Å². The molecule has 2 aromatic heterocycles. The van der Waals surface area contributed by atoms with E-state index in [-0.39, 0.29) is 0 Å². The lowest BCUT2D eigenvalue weighted by atomic mass is 10.3. The number of hydrogen-bond acceptors (Lipinski definition) is 4. The Morgan fingerprint density at radius 2 is 2.18 bits per heavy atom. The van der Waals surface area contributed by atoms with Crippen molar-refractivity contribution in [2.45, 2.75) is 20.3 Å². The monoisotopic (exact) mass is 231 g/mol. The minimum Gasteiger partial charge on any atom is -0.354 e. The highest BCUT2D eigenvalue weighted by atomic mass is 15.1.